The number of hydrogen-bond acceptors (Lipinski definition) is 3. The van der Waals surface area contributed by atoms with Gasteiger partial charge in [-0.05, 0) is 30.3 Å². The third-order valence-electron chi connectivity index (χ3n) is 2.91. The van der Waals surface area contributed by atoms with Crippen LogP contribution in [0.4, 0.5) is 13.2 Å². The van der Waals surface area contributed by atoms with Gasteiger partial charge in [-0.1, -0.05) is 23.9 Å². The van der Waals surface area contributed by atoms with Crippen LogP contribution in [-0.2, 0) is 0 Å². The number of ether oxygens (including phenoxy) is 2. The summed E-state index contributed by atoms with van der Waals surface area (Å²) in [6.07, 6.45) is -3.22. The Bertz CT molecular complexity index is 674. The standard InChI is InChI=1S/C15H11F3O2S/c1-15(18,14(16)17)20-9-6-7-11-13(8-9)21-12-5-3-2-4-10(12)19-11/h2-8,14H,1H3. The van der Waals surface area contributed by atoms with E-state index >= 15 is 0 Å². The van der Waals surface area contributed by atoms with Crippen molar-refractivity contribution >= 4 is 11.8 Å². The highest BCUT2D eigenvalue weighted by molar-refractivity contribution is 7.99. The maximum absolute atomic E-state index is 13.6. The van der Waals surface area contributed by atoms with E-state index in [0.717, 1.165) is 10.6 Å². The fourth-order valence-electron chi connectivity index (χ4n) is 1.85. The minimum absolute atomic E-state index is 0.0366. The lowest BCUT2D eigenvalue weighted by Crippen LogP contribution is -2.35. The first kappa shape index (κ1) is 14.1. The molecule has 1 heterocycles. The Kier molecular flexibility index (Phi) is 3.49. The summed E-state index contributed by atoms with van der Waals surface area (Å²) in [5.41, 5.74) is 0. The molecule has 2 aromatic carbocycles. The van der Waals surface area contributed by atoms with Crippen molar-refractivity contribution in [2.45, 2.75) is 29.0 Å². The molecule has 6 heteroatoms. The first-order chi connectivity index (χ1) is 9.95. The Balaban J connectivity index is 1.87. The van der Waals surface area contributed by atoms with E-state index in [1.807, 2.05) is 24.3 Å². The van der Waals surface area contributed by atoms with Crippen LogP contribution in [0.2, 0.25) is 0 Å². The number of rotatable bonds is 3. The Morgan fingerprint density at radius 3 is 2.57 bits per heavy atom. The van der Waals surface area contributed by atoms with Gasteiger partial charge in [0.1, 0.15) is 17.2 Å². The van der Waals surface area contributed by atoms with E-state index in [-0.39, 0.29) is 5.75 Å². The molecule has 0 amide bonds. The molecule has 0 fully saturated rings. The number of alkyl halides is 3. The second-order valence-electron chi connectivity index (χ2n) is 4.65. The predicted molar refractivity (Wildman–Crippen MR) is 73.2 cm³/mol. The van der Waals surface area contributed by atoms with Crippen molar-refractivity contribution in [3.05, 3.63) is 42.5 Å². The van der Waals surface area contributed by atoms with Gasteiger partial charge in [-0.25, -0.2) is 8.78 Å². The molecule has 2 aromatic rings. The maximum Gasteiger partial charge on any atom is 0.306 e. The molecule has 3 rings (SSSR count). The minimum Gasteiger partial charge on any atom is -0.455 e. The zero-order valence-electron chi connectivity index (χ0n) is 11.0. The van der Waals surface area contributed by atoms with Crippen LogP contribution in [-0.4, -0.2) is 12.3 Å². The van der Waals surface area contributed by atoms with Gasteiger partial charge in [-0.2, -0.15) is 4.39 Å². The Labute approximate surface area is 123 Å². The normalized spacial score (nSPS) is 15.7. The molecule has 0 aromatic heterocycles. The first-order valence-corrected chi connectivity index (χ1v) is 7.02. The van der Waals surface area contributed by atoms with Crippen LogP contribution in [0.1, 0.15) is 6.92 Å². The Morgan fingerprint density at radius 1 is 1.10 bits per heavy atom. The predicted octanol–water partition coefficient (Wildman–Crippen LogP) is 5.27. The van der Waals surface area contributed by atoms with E-state index in [0.29, 0.717) is 17.6 Å². The van der Waals surface area contributed by atoms with Gasteiger partial charge < -0.3 is 9.47 Å². The van der Waals surface area contributed by atoms with Crippen molar-refractivity contribution in [2.75, 3.05) is 0 Å². The van der Waals surface area contributed by atoms with Crippen LogP contribution in [0.3, 0.4) is 0 Å². The molecule has 1 unspecified atom stereocenters. The van der Waals surface area contributed by atoms with Crippen molar-refractivity contribution in [3.63, 3.8) is 0 Å². The molecule has 1 aliphatic heterocycles. The summed E-state index contributed by atoms with van der Waals surface area (Å²) in [4.78, 5) is 1.59. The molecular weight excluding hydrogens is 301 g/mol. The summed E-state index contributed by atoms with van der Waals surface area (Å²) in [6, 6.07) is 11.9. The third-order valence-corrected chi connectivity index (χ3v) is 4.01. The maximum atomic E-state index is 13.6. The van der Waals surface area contributed by atoms with E-state index < -0.39 is 12.3 Å². The molecule has 2 nitrogen and oxygen atoms in total. The summed E-state index contributed by atoms with van der Waals surface area (Å²) < 4.78 is 49.0. The van der Waals surface area contributed by atoms with Crippen LogP contribution >= 0.6 is 11.8 Å². The molecule has 1 atom stereocenters. The van der Waals surface area contributed by atoms with Crippen LogP contribution < -0.4 is 9.47 Å². The third kappa shape index (κ3) is 2.81. The summed E-state index contributed by atoms with van der Waals surface area (Å²) in [7, 11) is 0. The molecule has 1 aliphatic rings. The van der Waals surface area contributed by atoms with E-state index in [1.54, 1.807) is 6.07 Å². The highest BCUT2D eigenvalue weighted by Crippen LogP contribution is 2.48. The van der Waals surface area contributed by atoms with E-state index in [2.05, 4.69) is 0 Å². The molecule has 21 heavy (non-hydrogen) atoms. The lowest BCUT2D eigenvalue weighted by Gasteiger charge is -2.23. The smallest absolute Gasteiger partial charge is 0.306 e. The average molecular weight is 312 g/mol. The second-order valence-corrected chi connectivity index (χ2v) is 5.73. The zero-order chi connectivity index (χ0) is 15.0. The van der Waals surface area contributed by atoms with Gasteiger partial charge >= 0.3 is 12.3 Å². The first-order valence-electron chi connectivity index (χ1n) is 6.20. The number of para-hydroxylation sites is 1. The van der Waals surface area contributed by atoms with Gasteiger partial charge in [0, 0.05) is 6.92 Å². The summed E-state index contributed by atoms with van der Waals surface area (Å²) >= 11 is 1.42. The minimum atomic E-state index is -3.22. The topological polar surface area (TPSA) is 18.5 Å². The SMILES string of the molecule is CC(F)(Oc1ccc2c(c1)Sc1ccccc1O2)C(F)F. The lowest BCUT2D eigenvalue weighted by atomic mass is 10.3. The van der Waals surface area contributed by atoms with Gasteiger partial charge in [-0.15, -0.1) is 0 Å². The molecule has 0 bridgehead atoms. The monoisotopic (exact) mass is 312 g/mol. The quantitative estimate of drug-likeness (QED) is 0.656. The number of fused-ring (bicyclic) bond motifs is 2. The summed E-state index contributed by atoms with van der Waals surface area (Å²) in [5, 5.41) is 0. The van der Waals surface area contributed by atoms with Gasteiger partial charge in [-0.3, -0.25) is 0 Å². The summed E-state index contributed by atoms with van der Waals surface area (Å²) in [6.45, 7) is 0.704. The largest absolute Gasteiger partial charge is 0.455 e. The highest BCUT2D eigenvalue weighted by atomic mass is 32.2. The van der Waals surface area contributed by atoms with E-state index in [4.69, 9.17) is 9.47 Å². The van der Waals surface area contributed by atoms with Crippen molar-refractivity contribution < 1.29 is 22.6 Å². The highest BCUT2D eigenvalue weighted by Gasteiger charge is 2.37. The molecule has 110 valence electrons. The fraction of sp³-hybridized carbons (Fsp3) is 0.200. The Hall–Kier alpha value is -1.82. The zero-order valence-corrected chi connectivity index (χ0v) is 11.8. The molecule has 0 saturated carbocycles. The Morgan fingerprint density at radius 2 is 1.81 bits per heavy atom. The lowest BCUT2D eigenvalue weighted by molar-refractivity contribution is -0.152. The molecule has 0 N–H and O–H groups in total. The molecule has 0 aliphatic carbocycles. The van der Waals surface area contributed by atoms with Crippen LogP contribution in [0.5, 0.6) is 17.2 Å². The van der Waals surface area contributed by atoms with Crippen molar-refractivity contribution in [1.82, 2.24) is 0 Å². The molecule has 0 spiro atoms. The van der Waals surface area contributed by atoms with E-state index in [1.165, 1.54) is 23.9 Å². The second kappa shape index (κ2) is 5.18. The van der Waals surface area contributed by atoms with Gasteiger partial charge in [0.2, 0.25) is 0 Å². The van der Waals surface area contributed by atoms with Crippen molar-refractivity contribution in [2.24, 2.45) is 0 Å². The number of benzene rings is 2. The number of halogens is 3. The molecule has 0 saturated heterocycles. The van der Waals surface area contributed by atoms with Crippen molar-refractivity contribution in [3.8, 4) is 17.2 Å². The molecule has 0 radical (unpaired) electrons. The van der Waals surface area contributed by atoms with Crippen molar-refractivity contribution in [1.29, 1.82) is 0 Å². The van der Waals surface area contributed by atoms with Crippen LogP contribution in [0.25, 0.3) is 0 Å². The van der Waals surface area contributed by atoms with Crippen LogP contribution in [0, 0.1) is 0 Å². The number of hydrogen-bond donors (Lipinski definition) is 0. The average Bonchev–Trinajstić information content (AvgIpc) is 2.44. The summed E-state index contributed by atoms with van der Waals surface area (Å²) in [5.74, 6) is -1.67. The van der Waals surface area contributed by atoms with Crippen LogP contribution in [0.15, 0.2) is 52.3 Å². The molecular formula is C15H11F3O2S. The van der Waals surface area contributed by atoms with E-state index in [9.17, 15) is 13.2 Å². The fourth-order valence-corrected chi connectivity index (χ4v) is 2.83. The van der Waals surface area contributed by atoms with Gasteiger partial charge in [0.25, 0.3) is 0 Å². The van der Waals surface area contributed by atoms with Gasteiger partial charge in [0.15, 0.2) is 0 Å². The van der Waals surface area contributed by atoms with Gasteiger partial charge in [0.05, 0.1) is 9.79 Å².